The van der Waals surface area contributed by atoms with Crippen molar-refractivity contribution in [1.29, 1.82) is 0 Å². The van der Waals surface area contributed by atoms with Crippen molar-refractivity contribution < 1.29 is 4.74 Å². The van der Waals surface area contributed by atoms with E-state index in [1.807, 2.05) is 26.1 Å². The number of rotatable bonds is 7. The normalized spacial score (nSPS) is 10.7. The van der Waals surface area contributed by atoms with Crippen LogP contribution in [0.5, 0.6) is 11.8 Å². The van der Waals surface area contributed by atoms with Crippen LogP contribution < -0.4 is 10.1 Å². The zero-order valence-corrected chi connectivity index (χ0v) is 13.2. The fourth-order valence-corrected chi connectivity index (χ4v) is 1.99. The predicted molar refractivity (Wildman–Crippen MR) is 82.8 cm³/mol. The Morgan fingerprint density at radius 1 is 1.19 bits per heavy atom. The smallest absolute Gasteiger partial charge is 0.226 e. The molecule has 0 atom stereocenters. The molecule has 2 heterocycles. The molecule has 0 fully saturated rings. The molecule has 0 spiro atoms. The van der Waals surface area contributed by atoms with Gasteiger partial charge in [-0.25, -0.2) is 9.67 Å². The van der Waals surface area contributed by atoms with Gasteiger partial charge in [0.15, 0.2) is 0 Å². The summed E-state index contributed by atoms with van der Waals surface area (Å²) in [6.45, 7) is 7.05. The lowest BCUT2D eigenvalue weighted by atomic mass is 10.3. The van der Waals surface area contributed by atoms with Crippen LogP contribution in [0.25, 0.3) is 0 Å². The molecule has 2 aromatic rings. The molecule has 0 saturated heterocycles. The number of ether oxygens (including phenoxy) is 1. The van der Waals surface area contributed by atoms with Crippen molar-refractivity contribution in [3.05, 3.63) is 23.7 Å². The van der Waals surface area contributed by atoms with Gasteiger partial charge in [-0.05, 0) is 19.8 Å². The zero-order valence-electron chi connectivity index (χ0n) is 13.2. The van der Waals surface area contributed by atoms with Crippen LogP contribution in [-0.4, -0.2) is 26.3 Å². The lowest BCUT2D eigenvalue weighted by Crippen LogP contribution is -2.06. The largest absolute Gasteiger partial charge is 0.421 e. The molecule has 0 aliphatic rings. The van der Waals surface area contributed by atoms with E-state index in [-0.39, 0.29) is 0 Å². The van der Waals surface area contributed by atoms with Gasteiger partial charge in [-0.3, -0.25) is 0 Å². The molecule has 0 unspecified atom stereocenters. The number of hydrogen-bond donors (Lipinski definition) is 1. The Labute approximate surface area is 125 Å². The van der Waals surface area contributed by atoms with Crippen molar-refractivity contribution in [3.8, 4) is 11.8 Å². The Kier molecular flexibility index (Phi) is 5.14. The van der Waals surface area contributed by atoms with Gasteiger partial charge in [0.25, 0.3) is 0 Å². The minimum atomic E-state index is 0.551. The van der Waals surface area contributed by atoms with E-state index in [1.54, 1.807) is 4.68 Å². The molecule has 0 saturated carbocycles. The predicted octanol–water partition coefficient (Wildman–Crippen LogP) is 3.09. The highest BCUT2D eigenvalue weighted by Gasteiger charge is 2.09. The topological polar surface area (TPSA) is 64.9 Å². The van der Waals surface area contributed by atoms with E-state index in [0.717, 1.165) is 43.1 Å². The standard InChI is InChI=1S/C15H23N5O/c1-5-7-12-17-13(16-8-6-2)10-14(18-12)21-15-9-11(3)19-20(15)4/h9-10H,5-8H2,1-4H3,(H,16,17,18). The summed E-state index contributed by atoms with van der Waals surface area (Å²) in [7, 11) is 1.85. The molecule has 0 bridgehead atoms. The quantitative estimate of drug-likeness (QED) is 0.848. The molecule has 2 aromatic heterocycles. The van der Waals surface area contributed by atoms with Crippen LogP contribution in [0.2, 0.25) is 0 Å². The van der Waals surface area contributed by atoms with Gasteiger partial charge in [0.05, 0.1) is 5.69 Å². The van der Waals surface area contributed by atoms with E-state index < -0.39 is 0 Å². The Hall–Kier alpha value is -2.11. The monoisotopic (exact) mass is 289 g/mol. The third-order valence-electron chi connectivity index (χ3n) is 2.95. The number of nitrogens with one attached hydrogen (secondary N) is 1. The SMILES string of the molecule is CCCNc1cc(Oc2cc(C)nn2C)nc(CCC)n1. The average Bonchev–Trinajstić information content (AvgIpc) is 2.75. The van der Waals surface area contributed by atoms with E-state index >= 15 is 0 Å². The molecule has 0 aliphatic heterocycles. The lowest BCUT2D eigenvalue weighted by Gasteiger charge is -2.10. The minimum Gasteiger partial charge on any atom is -0.421 e. The molecule has 0 amide bonds. The number of anilines is 1. The van der Waals surface area contributed by atoms with Crippen molar-refractivity contribution in [3.63, 3.8) is 0 Å². The summed E-state index contributed by atoms with van der Waals surface area (Å²) in [5, 5.41) is 7.56. The maximum Gasteiger partial charge on any atom is 0.226 e. The van der Waals surface area contributed by atoms with Gasteiger partial charge in [0, 0.05) is 32.1 Å². The molecule has 21 heavy (non-hydrogen) atoms. The summed E-state index contributed by atoms with van der Waals surface area (Å²) in [5.41, 5.74) is 0.916. The Morgan fingerprint density at radius 2 is 2.00 bits per heavy atom. The van der Waals surface area contributed by atoms with Gasteiger partial charge in [-0.2, -0.15) is 10.1 Å². The molecule has 2 rings (SSSR count). The maximum absolute atomic E-state index is 5.85. The Morgan fingerprint density at radius 3 is 2.62 bits per heavy atom. The van der Waals surface area contributed by atoms with E-state index in [9.17, 15) is 0 Å². The number of hydrogen-bond acceptors (Lipinski definition) is 5. The van der Waals surface area contributed by atoms with E-state index in [2.05, 4.69) is 34.2 Å². The van der Waals surface area contributed by atoms with Gasteiger partial charge in [-0.15, -0.1) is 0 Å². The first-order chi connectivity index (χ1) is 10.1. The average molecular weight is 289 g/mol. The third kappa shape index (κ3) is 4.18. The summed E-state index contributed by atoms with van der Waals surface area (Å²) in [5.74, 6) is 2.84. The fourth-order valence-electron chi connectivity index (χ4n) is 1.99. The van der Waals surface area contributed by atoms with Crippen molar-refractivity contribution in [2.75, 3.05) is 11.9 Å². The summed E-state index contributed by atoms with van der Waals surface area (Å²) in [6.07, 6.45) is 2.88. The number of nitrogens with zero attached hydrogens (tertiary/aromatic N) is 4. The highest BCUT2D eigenvalue weighted by atomic mass is 16.5. The molecule has 6 heteroatoms. The minimum absolute atomic E-state index is 0.551. The maximum atomic E-state index is 5.85. The molecular weight excluding hydrogens is 266 g/mol. The van der Waals surface area contributed by atoms with Crippen molar-refractivity contribution in [1.82, 2.24) is 19.7 Å². The van der Waals surface area contributed by atoms with E-state index in [0.29, 0.717) is 11.8 Å². The van der Waals surface area contributed by atoms with Crippen molar-refractivity contribution in [2.45, 2.75) is 40.0 Å². The molecular formula is C15H23N5O. The summed E-state index contributed by atoms with van der Waals surface area (Å²) >= 11 is 0. The first-order valence-corrected chi connectivity index (χ1v) is 7.42. The Bertz CT molecular complexity index is 594. The first-order valence-electron chi connectivity index (χ1n) is 7.42. The molecule has 0 aromatic carbocycles. The summed E-state index contributed by atoms with van der Waals surface area (Å²) in [6, 6.07) is 3.72. The second-order valence-electron chi connectivity index (χ2n) is 5.03. The van der Waals surface area contributed by atoms with E-state index in [1.165, 1.54) is 0 Å². The van der Waals surface area contributed by atoms with Crippen LogP contribution in [0.15, 0.2) is 12.1 Å². The molecule has 0 radical (unpaired) electrons. The second kappa shape index (κ2) is 7.06. The van der Waals surface area contributed by atoms with Gasteiger partial charge in [0.2, 0.25) is 11.8 Å². The molecule has 1 N–H and O–H groups in total. The van der Waals surface area contributed by atoms with Crippen LogP contribution in [0, 0.1) is 6.92 Å². The fraction of sp³-hybridized carbons (Fsp3) is 0.533. The van der Waals surface area contributed by atoms with Crippen LogP contribution >= 0.6 is 0 Å². The van der Waals surface area contributed by atoms with Crippen LogP contribution in [0.1, 0.15) is 38.2 Å². The van der Waals surface area contributed by atoms with Gasteiger partial charge >= 0.3 is 0 Å². The highest BCUT2D eigenvalue weighted by Crippen LogP contribution is 2.22. The molecule has 114 valence electrons. The highest BCUT2D eigenvalue weighted by molar-refractivity contribution is 5.39. The van der Waals surface area contributed by atoms with Crippen LogP contribution in [0.3, 0.4) is 0 Å². The molecule has 6 nitrogen and oxygen atoms in total. The first kappa shape index (κ1) is 15.3. The third-order valence-corrected chi connectivity index (χ3v) is 2.95. The zero-order chi connectivity index (χ0) is 15.2. The van der Waals surface area contributed by atoms with Gasteiger partial charge in [-0.1, -0.05) is 13.8 Å². The van der Waals surface area contributed by atoms with Crippen LogP contribution in [-0.2, 0) is 13.5 Å². The second-order valence-corrected chi connectivity index (χ2v) is 5.03. The van der Waals surface area contributed by atoms with Crippen molar-refractivity contribution in [2.24, 2.45) is 7.05 Å². The summed E-state index contributed by atoms with van der Waals surface area (Å²) in [4.78, 5) is 8.97. The van der Waals surface area contributed by atoms with Gasteiger partial charge in [0.1, 0.15) is 11.6 Å². The Balaban J connectivity index is 2.24. The lowest BCUT2D eigenvalue weighted by molar-refractivity contribution is 0.412. The van der Waals surface area contributed by atoms with Crippen molar-refractivity contribution >= 4 is 5.82 Å². The van der Waals surface area contributed by atoms with Crippen LogP contribution in [0.4, 0.5) is 5.82 Å². The molecule has 0 aliphatic carbocycles. The van der Waals surface area contributed by atoms with Gasteiger partial charge < -0.3 is 10.1 Å². The summed E-state index contributed by atoms with van der Waals surface area (Å²) < 4.78 is 7.55. The van der Waals surface area contributed by atoms with E-state index in [4.69, 9.17) is 4.74 Å². The number of aryl methyl sites for hydroxylation is 3. The number of aromatic nitrogens is 4.